The fourth-order valence-electron chi connectivity index (χ4n) is 2.80. The summed E-state index contributed by atoms with van der Waals surface area (Å²) < 4.78 is 5.40. The third-order valence-electron chi connectivity index (χ3n) is 4.22. The summed E-state index contributed by atoms with van der Waals surface area (Å²) >= 11 is 0. The van der Waals surface area contributed by atoms with Gasteiger partial charge in [-0.2, -0.15) is 0 Å². The topological polar surface area (TPSA) is 25.4 Å². The Labute approximate surface area is 126 Å². The first-order chi connectivity index (χ1) is 10.2. The largest absolute Gasteiger partial charge is 0.379 e. The Morgan fingerprint density at radius 3 is 2.76 bits per heavy atom. The predicted octanol–water partition coefficient (Wildman–Crippen LogP) is 3.20. The first-order valence-corrected chi connectivity index (χ1v) is 7.54. The summed E-state index contributed by atoms with van der Waals surface area (Å²) in [6, 6.07) is 8.72. The van der Waals surface area contributed by atoms with Crippen molar-refractivity contribution < 1.29 is 4.74 Å². The molecule has 3 nitrogen and oxygen atoms in total. The second kappa shape index (κ2) is 6.37. The van der Waals surface area contributed by atoms with Gasteiger partial charge in [-0.25, -0.2) is 0 Å². The van der Waals surface area contributed by atoms with Gasteiger partial charge in [-0.15, -0.1) is 0 Å². The van der Waals surface area contributed by atoms with Gasteiger partial charge in [0.15, 0.2) is 0 Å². The number of aromatic nitrogens is 1. The van der Waals surface area contributed by atoms with Crippen molar-refractivity contribution in [2.75, 3.05) is 26.3 Å². The van der Waals surface area contributed by atoms with E-state index in [0.29, 0.717) is 0 Å². The van der Waals surface area contributed by atoms with Gasteiger partial charge >= 0.3 is 0 Å². The number of hydrogen-bond acceptors (Lipinski definition) is 3. The molecule has 0 aliphatic carbocycles. The van der Waals surface area contributed by atoms with Gasteiger partial charge < -0.3 is 4.74 Å². The van der Waals surface area contributed by atoms with E-state index in [0.717, 1.165) is 32.8 Å². The van der Waals surface area contributed by atoms with E-state index in [4.69, 9.17) is 4.74 Å². The quantitative estimate of drug-likeness (QED) is 0.864. The molecule has 1 fully saturated rings. The van der Waals surface area contributed by atoms with E-state index in [9.17, 15) is 0 Å². The molecular formula is C18H22N2O. The number of rotatable bonds is 3. The maximum atomic E-state index is 5.40. The van der Waals surface area contributed by atoms with Crippen molar-refractivity contribution in [1.82, 2.24) is 9.88 Å². The van der Waals surface area contributed by atoms with Gasteiger partial charge in [-0.1, -0.05) is 18.2 Å². The number of ether oxygens (including phenoxy) is 1. The Hall–Kier alpha value is -1.71. The SMILES string of the molecule is Cc1cccc(-c2cncc(CN3CCOCC3)c2)c1C. The summed E-state index contributed by atoms with van der Waals surface area (Å²) in [5, 5.41) is 0. The fourth-order valence-corrected chi connectivity index (χ4v) is 2.80. The smallest absolute Gasteiger partial charge is 0.0594 e. The molecule has 0 bridgehead atoms. The van der Waals surface area contributed by atoms with Crippen molar-refractivity contribution in [3.63, 3.8) is 0 Å². The highest BCUT2D eigenvalue weighted by molar-refractivity contribution is 5.68. The van der Waals surface area contributed by atoms with E-state index in [1.165, 1.54) is 27.8 Å². The van der Waals surface area contributed by atoms with E-state index in [1.54, 1.807) is 0 Å². The lowest BCUT2D eigenvalue weighted by molar-refractivity contribution is 0.0341. The zero-order valence-electron chi connectivity index (χ0n) is 12.8. The van der Waals surface area contributed by atoms with Crippen LogP contribution in [0, 0.1) is 13.8 Å². The van der Waals surface area contributed by atoms with Crippen molar-refractivity contribution >= 4 is 0 Å². The molecule has 0 N–H and O–H groups in total. The molecule has 3 heteroatoms. The first-order valence-electron chi connectivity index (χ1n) is 7.54. The van der Waals surface area contributed by atoms with Crippen LogP contribution in [0.25, 0.3) is 11.1 Å². The third-order valence-corrected chi connectivity index (χ3v) is 4.22. The van der Waals surface area contributed by atoms with Crippen LogP contribution in [0.15, 0.2) is 36.7 Å². The van der Waals surface area contributed by atoms with Crippen LogP contribution < -0.4 is 0 Å². The molecule has 0 saturated carbocycles. The summed E-state index contributed by atoms with van der Waals surface area (Å²) in [4.78, 5) is 6.86. The molecule has 0 amide bonds. The highest BCUT2D eigenvalue weighted by Crippen LogP contribution is 2.25. The number of pyridine rings is 1. The molecule has 2 heterocycles. The van der Waals surface area contributed by atoms with Crippen LogP contribution in [0.5, 0.6) is 0 Å². The standard InChI is InChI=1S/C18H22N2O/c1-14-4-3-5-18(15(14)2)17-10-16(11-19-12-17)13-20-6-8-21-9-7-20/h3-5,10-12H,6-9,13H2,1-2H3. The lowest BCUT2D eigenvalue weighted by Crippen LogP contribution is -2.35. The lowest BCUT2D eigenvalue weighted by atomic mass is 9.97. The highest BCUT2D eigenvalue weighted by atomic mass is 16.5. The Morgan fingerprint density at radius 1 is 1.14 bits per heavy atom. The van der Waals surface area contributed by atoms with E-state index in [-0.39, 0.29) is 0 Å². The zero-order valence-corrected chi connectivity index (χ0v) is 12.8. The second-order valence-electron chi connectivity index (χ2n) is 5.72. The Balaban J connectivity index is 1.84. The maximum Gasteiger partial charge on any atom is 0.0594 e. The van der Waals surface area contributed by atoms with Crippen molar-refractivity contribution in [3.8, 4) is 11.1 Å². The summed E-state index contributed by atoms with van der Waals surface area (Å²) in [5.74, 6) is 0. The first kappa shape index (κ1) is 14.2. The second-order valence-corrected chi connectivity index (χ2v) is 5.72. The Kier molecular flexibility index (Phi) is 4.32. The van der Waals surface area contributed by atoms with E-state index in [2.05, 4.69) is 48.0 Å². The Bertz CT molecular complexity index is 618. The summed E-state index contributed by atoms with van der Waals surface area (Å²) in [7, 11) is 0. The molecule has 3 rings (SSSR count). The number of benzene rings is 1. The maximum absolute atomic E-state index is 5.40. The molecule has 0 unspecified atom stereocenters. The molecule has 21 heavy (non-hydrogen) atoms. The van der Waals surface area contributed by atoms with Gasteiger partial charge in [0.2, 0.25) is 0 Å². The van der Waals surface area contributed by atoms with Gasteiger partial charge in [0, 0.05) is 37.6 Å². The van der Waals surface area contributed by atoms with Crippen molar-refractivity contribution in [3.05, 3.63) is 53.3 Å². The minimum atomic E-state index is 0.837. The molecular weight excluding hydrogens is 260 g/mol. The lowest BCUT2D eigenvalue weighted by Gasteiger charge is -2.26. The Morgan fingerprint density at radius 2 is 1.95 bits per heavy atom. The molecule has 1 aromatic carbocycles. The van der Waals surface area contributed by atoms with Gasteiger partial charge in [0.05, 0.1) is 13.2 Å². The minimum Gasteiger partial charge on any atom is -0.379 e. The van der Waals surface area contributed by atoms with Crippen molar-refractivity contribution in [2.45, 2.75) is 20.4 Å². The molecule has 1 aromatic heterocycles. The summed E-state index contributed by atoms with van der Waals surface area (Å²) in [5.41, 5.74) is 6.43. The van der Waals surface area contributed by atoms with Crippen molar-refractivity contribution in [1.29, 1.82) is 0 Å². The van der Waals surface area contributed by atoms with Crippen LogP contribution in [0.2, 0.25) is 0 Å². The van der Waals surface area contributed by atoms with Crippen LogP contribution in [-0.4, -0.2) is 36.2 Å². The van der Waals surface area contributed by atoms with Crippen molar-refractivity contribution in [2.24, 2.45) is 0 Å². The molecule has 1 aliphatic rings. The number of morpholine rings is 1. The molecule has 2 aromatic rings. The number of nitrogens with zero attached hydrogens (tertiary/aromatic N) is 2. The predicted molar refractivity (Wildman–Crippen MR) is 85.2 cm³/mol. The van der Waals surface area contributed by atoms with Gasteiger partial charge in [-0.3, -0.25) is 9.88 Å². The molecule has 0 atom stereocenters. The zero-order chi connectivity index (χ0) is 14.7. The number of hydrogen-bond donors (Lipinski definition) is 0. The average Bonchev–Trinajstić information content (AvgIpc) is 2.51. The molecule has 0 spiro atoms. The normalized spacial score (nSPS) is 16.1. The van der Waals surface area contributed by atoms with Gasteiger partial charge in [0.25, 0.3) is 0 Å². The van der Waals surface area contributed by atoms with Crippen LogP contribution in [0.3, 0.4) is 0 Å². The summed E-state index contributed by atoms with van der Waals surface area (Å²) in [6.07, 6.45) is 3.94. The fraction of sp³-hybridized carbons (Fsp3) is 0.389. The van der Waals surface area contributed by atoms with Crippen LogP contribution in [0.1, 0.15) is 16.7 Å². The average molecular weight is 282 g/mol. The van der Waals surface area contributed by atoms with Crippen LogP contribution in [0.4, 0.5) is 0 Å². The highest BCUT2D eigenvalue weighted by Gasteiger charge is 2.12. The van der Waals surface area contributed by atoms with E-state index in [1.807, 2.05) is 12.4 Å². The van der Waals surface area contributed by atoms with Gasteiger partial charge in [-0.05, 0) is 42.2 Å². The molecule has 1 saturated heterocycles. The summed E-state index contributed by atoms with van der Waals surface area (Å²) in [6.45, 7) is 8.98. The number of aryl methyl sites for hydroxylation is 1. The van der Waals surface area contributed by atoms with Crippen LogP contribution in [-0.2, 0) is 11.3 Å². The molecule has 0 radical (unpaired) electrons. The van der Waals surface area contributed by atoms with Crippen LogP contribution >= 0.6 is 0 Å². The minimum absolute atomic E-state index is 0.837. The van der Waals surface area contributed by atoms with E-state index < -0.39 is 0 Å². The monoisotopic (exact) mass is 282 g/mol. The van der Waals surface area contributed by atoms with E-state index >= 15 is 0 Å². The third kappa shape index (κ3) is 3.31. The molecule has 1 aliphatic heterocycles. The molecule has 110 valence electrons. The van der Waals surface area contributed by atoms with Gasteiger partial charge in [0.1, 0.15) is 0 Å².